The van der Waals surface area contributed by atoms with Gasteiger partial charge in [0.15, 0.2) is 11.4 Å². The third-order valence-corrected chi connectivity index (χ3v) is 4.24. The molecule has 0 saturated carbocycles. The van der Waals surface area contributed by atoms with E-state index in [1.54, 1.807) is 31.3 Å². The first-order chi connectivity index (χ1) is 13.0. The number of nitrogens with one attached hydrogen (secondary N) is 1. The fraction of sp³-hybridized carbons (Fsp3) is 0.211. The van der Waals surface area contributed by atoms with Crippen molar-refractivity contribution in [1.82, 2.24) is 15.4 Å². The second kappa shape index (κ2) is 7.88. The summed E-state index contributed by atoms with van der Waals surface area (Å²) in [6.07, 6.45) is 0. The van der Waals surface area contributed by atoms with Crippen molar-refractivity contribution in [3.05, 3.63) is 59.7 Å². The molecule has 0 fully saturated rings. The Kier molecular flexibility index (Phi) is 5.37. The van der Waals surface area contributed by atoms with Gasteiger partial charge in [-0.15, -0.1) is 0 Å². The predicted molar refractivity (Wildman–Crippen MR) is 101 cm³/mol. The molecule has 2 amide bonds. The van der Waals surface area contributed by atoms with E-state index < -0.39 is 6.04 Å². The Morgan fingerprint density at radius 3 is 2.70 bits per heavy atom. The molecule has 0 bridgehead atoms. The molecule has 0 aliphatic carbocycles. The van der Waals surface area contributed by atoms with Crippen LogP contribution in [0.5, 0.6) is 0 Å². The van der Waals surface area contributed by atoms with Gasteiger partial charge in [0.2, 0.25) is 11.8 Å². The molecule has 27 heavy (non-hydrogen) atoms. The van der Waals surface area contributed by atoms with Crippen molar-refractivity contribution in [2.75, 3.05) is 19.3 Å². The average Bonchev–Trinajstić information content (AvgIpc) is 3.06. The Labute approximate surface area is 156 Å². The number of amides is 2. The standard InChI is InChI=1S/C19H21N5O3/c1-24(19(26)17(20)13-5-3-2-4-6-13)11-16(25)22-10-12-7-8-14-15(9-12)27-23-18(14)21/h2-9,17H,10-11,20H2,1H3,(H2,21,23)(H,22,25). The van der Waals surface area contributed by atoms with Gasteiger partial charge in [-0.2, -0.15) is 0 Å². The first-order valence-electron chi connectivity index (χ1n) is 8.41. The molecule has 0 aliphatic heterocycles. The number of anilines is 1. The van der Waals surface area contributed by atoms with Gasteiger partial charge < -0.3 is 26.2 Å². The van der Waals surface area contributed by atoms with Gasteiger partial charge in [0.05, 0.1) is 11.9 Å². The summed E-state index contributed by atoms with van der Waals surface area (Å²) in [6, 6.07) is 13.6. The van der Waals surface area contributed by atoms with E-state index in [-0.39, 0.29) is 18.4 Å². The van der Waals surface area contributed by atoms with Gasteiger partial charge in [-0.05, 0) is 23.3 Å². The number of likely N-dealkylation sites (N-methyl/N-ethyl adjacent to an activating group) is 1. The maximum absolute atomic E-state index is 12.4. The summed E-state index contributed by atoms with van der Waals surface area (Å²) in [6.45, 7) is 0.207. The molecule has 5 N–H and O–H groups in total. The fourth-order valence-corrected chi connectivity index (χ4v) is 2.70. The number of nitrogens with zero attached hydrogens (tertiary/aromatic N) is 2. The first kappa shape index (κ1) is 18.4. The number of nitrogen functional groups attached to an aromatic ring is 1. The number of rotatable bonds is 6. The topological polar surface area (TPSA) is 127 Å². The van der Waals surface area contributed by atoms with Crippen LogP contribution < -0.4 is 16.8 Å². The quantitative estimate of drug-likeness (QED) is 0.600. The largest absolute Gasteiger partial charge is 0.380 e. The minimum Gasteiger partial charge on any atom is -0.380 e. The Morgan fingerprint density at radius 1 is 1.22 bits per heavy atom. The van der Waals surface area contributed by atoms with Gasteiger partial charge in [-0.25, -0.2) is 0 Å². The van der Waals surface area contributed by atoms with Gasteiger partial charge in [0.1, 0.15) is 6.04 Å². The molecule has 1 heterocycles. The summed E-state index contributed by atoms with van der Waals surface area (Å²) in [7, 11) is 1.55. The van der Waals surface area contributed by atoms with E-state index in [2.05, 4.69) is 10.5 Å². The fourth-order valence-electron chi connectivity index (χ4n) is 2.70. The first-order valence-corrected chi connectivity index (χ1v) is 8.41. The monoisotopic (exact) mass is 367 g/mol. The summed E-state index contributed by atoms with van der Waals surface area (Å²) in [5.41, 5.74) is 13.8. The van der Waals surface area contributed by atoms with E-state index in [0.29, 0.717) is 23.5 Å². The highest BCUT2D eigenvalue weighted by Gasteiger charge is 2.21. The van der Waals surface area contributed by atoms with Crippen LogP contribution in [0.2, 0.25) is 0 Å². The molecule has 8 heteroatoms. The third-order valence-electron chi connectivity index (χ3n) is 4.24. The van der Waals surface area contributed by atoms with Crippen LogP contribution in [0, 0.1) is 0 Å². The van der Waals surface area contributed by atoms with Crippen molar-refractivity contribution < 1.29 is 14.1 Å². The van der Waals surface area contributed by atoms with Crippen LogP contribution in [-0.4, -0.2) is 35.5 Å². The molecule has 0 saturated heterocycles. The van der Waals surface area contributed by atoms with Crippen molar-refractivity contribution in [2.45, 2.75) is 12.6 Å². The SMILES string of the molecule is CN(CC(=O)NCc1ccc2c(N)noc2c1)C(=O)C(N)c1ccccc1. The van der Waals surface area contributed by atoms with Gasteiger partial charge in [0, 0.05) is 13.6 Å². The average molecular weight is 367 g/mol. The Hall–Kier alpha value is -3.39. The van der Waals surface area contributed by atoms with E-state index in [1.807, 2.05) is 24.3 Å². The Balaban J connectivity index is 1.54. The Morgan fingerprint density at radius 2 is 1.96 bits per heavy atom. The summed E-state index contributed by atoms with van der Waals surface area (Å²) >= 11 is 0. The molecule has 8 nitrogen and oxygen atoms in total. The smallest absolute Gasteiger partial charge is 0.244 e. The normalized spacial score (nSPS) is 11.9. The minimum atomic E-state index is -0.802. The summed E-state index contributed by atoms with van der Waals surface area (Å²) in [5, 5.41) is 7.19. The van der Waals surface area contributed by atoms with Crippen LogP contribution in [0.4, 0.5) is 5.82 Å². The molecule has 0 spiro atoms. The van der Waals surface area contributed by atoms with Crippen LogP contribution in [0.15, 0.2) is 53.1 Å². The molecular formula is C19H21N5O3. The molecule has 1 aromatic heterocycles. The number of fused-ring (bicyclic) bond motifs is 1. The third kappa shape index (κ3) is 4.24. The van der Waals surface area contributed by atoms with Crippen LogP contribution in [0.1, 0.15) is 17.2 Å². The molecule has 140 valence electrons. The van der Waals surface area contributed by atoms with Crippen molar-refractivity contribution in [2.24, 2.45) is 5.73 Å². The van der Waals surface area contributed by atoms with E-state index >= 15 is 0 Å². The number of nitrogens with two attached hydrogens (primary N) is 2. The molecular weight excluding hydrogens is 346 g/mol. The van der Waals surface area contributed by atoms with E-state index in [0.717, 1.165) is 10.9 Å². The second-order valence-corrected chi connectivity index (χ2v) is 6.26. The van der Waals surface area contributed by atoms with Crippen molar-refractivity contribution in [1.29, 1.82) is 0 Å². The van der Waals surface area contributed by atoms with Crippen LogP contribution in [-0.2, 0) is 16.1 Å². The van der Waals surface area contributed by atoms with Crippen molar-refractivity contribution in [3.63, 3.8) is 0 Å². The highest BCUT2D eigenvalue weighted by Crippen LogP contribution is 2.21. The van der Waals surface area contributed by atoms with Gasteiger partial charge in [0.25, 0.3) is 0 Å². The highest BCUT2D eigenvalue weighted by atomic mass is 16.5. The van der Waals surface area contributed by atoms with Gasteiger partial charge in [-0.1, -0.05) is 41.6 Å². The number of carbonyl (C=O) groups is 2. The summed E-state index contributed by atoms with van der Waals surface area (Å²) in [5.74, 6) is -0.284. The van der Waals surface area contributed by atoms with E-state index in [4.69, 9.17) is 16.0 Å². The summed E-state index contributed by atoms with van der Waals surface area (Å²) in [4.78, 5) is 25.9. The summed E-state index contributed by atoms with van der Waals surface area (Å²) < 4.78 is 5.11. The maximum Gasteiger partial charge on any atom is 0.244 e. The number of hydrogen-bond donors (Lipinski definition) is 3. The number of hydrogen-bond acceptors (Lipinski definition) is 6. The van der Waals surface area contributed by atoms with Crippen LogP contribution >= 0.6 is 0 Å². The maximum atomic E-state index is 12.4. The molecule has 1 atom stereocenters. The van der Waals surface area contributed by atoms with E-state index in [9.17, 15) is 9.59 Å². The lowest BCUT2D eigenvalue weighted by molar-refractivity contribution is -0.135. The molecule has 0 radical (unpaired) electrons. The van der Waals surface area contributed by atoms with Crippen molar-refractivity contribution in [3.8, 4) is 0 Å². The zero-order valence-corrected chi connectivity index (χ0v) is 14.9. The van der Waals surface area contributed by atoms with Gasteiger partial charge in [-0.3, -0.25) is 9.59 Å². The zero-order chi connectivity index (χ0) is 19.4. The van der Waals surface area contributed by atoms with Gasteiger partial charge >= 0.3 is 0 Å². The molecule has 3 aromatic rings. The lowest BCUT2D eigenvalue weighted by atomic mass is 10.1. The molecule has 2 aromatic carbocycles. The van der Waals surface area contributed by atoms with Crippen LogP contribution in [0.3, 0.4) is 0 Å². The molecule has 3 rings (SSSR count). The Bertz CT molecular complexity index is 954. The minimum absolute atomic E-state index is 0.0864. The lowest BCUT2D eigenvalue weighted by Gasteiger charge is -2.21. The second-order valence-electron chi connectivity index (χ2n) is 6.26. The predicted octanol–water partition coefficient (Wildman–Crippen LogP) is 1.18. The van der Waals surface area contributed by atoms with Crippen LogP contribution in [0.25, 0.3) is 11.0 Å². The number of carbonyl (C=O) groups excluding carboxylic acids is 2. The molecule has 1 unspecified atom stereocenters. The van der Waals surface area contributed by atoms with Crippen molar-refractivity contribution >= 4 is 28.6 Å². The molecule has 0 aliphatic rings. The number of aromatic nitrogens is 1. The lowest BCUT2D eigenvalue weighted by Crippen LogP contribution is -2.42. The van der Waals surface area contributed by atoms with E-state index in [1.165, 1.54) is 4.90 Å². The zero-order valence-electron chi connectivity index (χ0n) is 14.9. The number of benzene rings is 2. The highest BCUT2D eigenvalue weighted by molar-refractivity contribution is 5.88.